The number of carbonyl (C=O) groups is 2. The number of benzene rings is 1. The molecule has 1 atom stereocenters. The number of hydrogen-bond acceptors (Lipinski definition) is 4. The second-order valence-corrected chi connectivity index (χ2v) is 5.85. The van der Waals surface area contributed by atoms with Gasteiger partial charge in [0.25, 0.3) is 5.91 Å². The van der Waals surface area contributed by atoms with Crippen molar-refractivity contribution in [2.75, 3.05) is 11.9 Å². The lowest BCUT2D eigenvalue weighted by molar-refractivity contribution is -0.123. The molecule has 1 aromatic heterocycles. The Kier molecular flexibility index (Phi) is 7.03. The number of piperidine rings is 1. The Bertz CT molecular complexity index is 680. The summed E-state index contributed by atoms with van der Waals surface area (Å²) >= 11 is 0. The molecule has 0 radical (unpaired) electrons. The molecule has 3 rings (SSSR count). The Hall–Kier alpha value is -2.31. The maximum Gasteiger partial charge on any atom is 0.291 e. The summed E-state index contributed by atoms with van der Waals surface area (Å²) in [6, 6.07) is 10.6. The first kappa shape index (κ1) is 19.0. The molecule has 1 aliphatic heterocycles. The highest BCUT2D eigenvalue weighted by Gasteiger charge is 2.19. The van der Waals surface area contributed by atoms with Crippen LogP contribution in [0.25, 0.3) is 0 Å². The van der Waals surface area contributed by atoms with Crippen molar-refractivity contribution >= 4 is 29.9 Å². The highest BCUT2D eigenvalue weighted by atomic mass is 35.5. The number of anilines is 1. The van der Waals surface area contributed by atoms with Gasteiger partial charge in [-0.15, -0.1) is 12.4 Å². The summed E-state index contributed by atoms with van der Waals surface area (Å²) in [6.07, 6.45) is 4.58. The van der Waals surface area contributed by atoms with Crippen LogP contribution >= 0.6 is 12.4 Å². The van der Waals surface area contributed by atoms with Crippen molar-refractivity contribution in [1.29, 1.82) is 0 Å². The van der Waals surface area contributed by atoms with Crippen LogP contribution in [-0.2, 0) is 11.3 Å². The van der Waals surface area contributed by atoms with Gasteiger partial charge in [0.2, 0.25) is 5.91 Å². The van der Waals surface area contributed by atoms with Gasteiger partial charge in [0.05, 0.1) is 12.3 Å². The van der Waals surface area contributed by atoms with E-state index in [0.29, 0.717) is 12.2 Å². The van der Waals surface area contributed by atoms with Crippen LogP contribution in [-0.4, -0.2) is 24.4 Å². The number of hydrogen-bond donors (Lipinski definition) is 3. The van der Waals surface area contributed by atoms with Gasteiger partial charge in [-0.3, -0.25) is 9.59 Å². The molecular formula is C18H22ClN3O3. The van der Waals surface area contributed by atoms with E-state index in [1.54, 1.807) is 24.3 Å². The minimum Gasteiger partial charge on any atom is -0.459 e. The van der Waals surface area contributed by atoms with E-state index in [1.807, 2.05) is 12.1 Å². The monoisotopic (exact) mass is 363 g/mol. The molecule has 0 bridgehead atoms. The Balaban J connectivity index is 0.00000225. The van der Waals surface area contributed by atoms with Crippen LogP contribution < -0.4 is 16.0 Å². The zero-order valence-corrected chi connectivity index (χ0v) is 14.6. The van der Waals surface area contributed by atoms with Crippen molar-refractivity contribution in [2.45, 2.75) is 31.8 Å². The van der Waals surface area contributed by atoms with Crippen LogP contribution in [0.4, 0.5) is 5.69 Å². The molecular weight excluding hydrogens is 342 g/mol. The van der Waals surface area contributed by atoms with E-state index in [0.717, 1.165) is 31.4 Å². The second-order valence-electron chi connectivity index (χ2n) is 5.85. The van der Waals surface area contributed by atoms with Gasteiger partial charge in [0.1, 0.15) is 0 Å². The highest BCUT2D eigenvalue weighted by molar-refractivity contribution is 6.02. The van der Waals surface area contributed by atoms with Gasteiger partial charge in [0, 0.05) is 12.2 Å². The average Bonchev–Trinajstić information content (AvgIpc) is 3.16. The van der Waals surface area contributed by atoms with Gasteiger partial charge < -0.3 is 20.4 Å². The van der Waals surface area contributed by atoms with Gasteiger partial charge in [-0.2, -0.15) is 0 Å². The minimum absolute atomic E-state index is 0. The molecule has 6 nitrogen and oxygen atoms in total. The van der Waals surface area contributed by atoms with E-state index in [9.17, 15) is 9.59 Å². The highest BCUT2D eigenvalue weighted by Crippen LogP contribution is 2.12. The maximum atomic E-state index is 12.1. The lowest BCUT2D eigenvalue weighted by Gasteiger charge is -2.22. The lowest BCUT2D eigenvalue weighted by atomic mass is 10.0. The van der Waals surface area contributed by atoms with E-state index >= 15 is 0 Å². The van der Waals surface area contributed by atoms with Gasteiger partial charge in [-0.05, 0) is 49.2 Å². The molecule has 1 saturated heterocycles. The van der Waals surface area contributed by atoms with Crippen LogP contribution in [0.2, 0.25) is 0 Å². The molecule has 25 heavy (non-hydrogen) atoms. The van der Waals surface area contributed by atoms with Crippen LogP contribution in [0.15, 0.2) is 47.1 Å². The SMILES string of the molecule is Cl.O=C(Nc1ccc(CNC(=O)[C@@H]2CCCCN2)cc1)c1ccco1. The quantitative estimate of drug-likeness (QED) is 0.762. The zero-order chi connectivity index (χ0) is 16.8. The minimum atomic E-state index is -0.288. The fraction of sp³-hybridized carbons (Fsp3) is 0.333. The zero-order valence-electron chi connectivity index (χ0n) is 13.8. The smallest absolute Gasteiger partial charge is 0.291 e. The summed E-state index contributed by atoms with van der Waals surface area (Å²) in [6.45, 7) is 1.38. The maximum absolute atomic E-state index is 12.1. The van der Waals surface area contributed by atoms with Crippen LogP contribution in [0.5, 0.6) is 0 Å². The summed E-state index contributed by atoms with van der Waals surface area (Å²) in [5.41, 5.74) is 1.66. The first-order valence-corrected chi connectivity index (χ1v) is 8.17. The second kappa shape index (κ2) is 9.25. The topological polar surface area (TPSA) is 83.4 Å². The van der Waals surface area contributed by atoms with Crippen molar-refractivity contribution in [3.05, 3.63) is 54.0 Å². The molecule has 1 fully saturated rings. The summed E-state index contributed by atoms with van der Waals surface area (Å²) in [4.78, 5) is 24.0. The van der Waals surface area contributed by atoms with Crippen LogP contribution in [0.1, 0.15) is 35.4 Å². The number of rotatable bonds is 5. The third-order valence-electron chi connectivity index (χ3n) is 4.05. The molecule has 2 heterocycles. The van der Waals surface area contributed by atoms with Gasteiger partial charge in [0.15, 0.2) is 5.76 Å². The third kappa shape index (κ3) is 5.34. The predicted octanol–water partition coefficient (Wildman–Crippen LogP) is 2.71. The van der Waals surface area contributed by atoms with E-state index in [4.69, 9.17) is 4.42 Å². The molecule has 3 N–H and O–H groups in total. The molecule has 0 unspecified atom stereocenters. The molecule has 7 heteroatoms. The first-order valence-electron chi connectivity index (χ1n) is 8.17. The molecule has 0 aliphatic carbocycles. The van der Waals surface area contributed by atoms with Gasteiger partial charge >= 0.3 is 0 Å². The van der Waals surface area contributed by atoms with E-state index in [-0.39, 0.29) is 36.0 Å². The van der Waals surface area contributed by atoms with Gasteiger partial charge in [-0.1, -0.05) is 18.6 Å². The standard InChI is InChI=1S/C18H21N3O3.ClH/c22-17(15-4-1-2-10-19-15)20-12-13-6-8-14(9-7-13)21-18(23)16-5-3-11-24-16;/h3,5-9,11,15,19H,1-2,4,10,12H2,(H,20,22)(H,21,23);1H/t15-;/m0./s1. The fourth-order valence-electron chi connectivity index (χ4n) is 2.69. The normalized spacial score (nSPS) is 16.6. The Morgan fingerprint density at radius 2 is 1.96 bits per heavy atom. The van der Waals surface area contributed by atoms with Crippen molar-refractivity contribution in [2.24, 2.45) is 0 Å². The molecule has 134 valence electrons. The largest absolute Gasteiger partial charge is 0.459 e. The molecule has 0 saturated carbocycles. The summed E-state index contributed by atoms with van der Waals surface area (Å²) in [5, 5.41) is 8.94. The van der Waals surface area contributed by atoms with Crippen molar-refractivity contribution in [1.82, 2.24) is 10.6 Å². The van der Waals surface area contributed by atoms with Crippen LogP contribution in [0.3, 0.4) is 0 Å². The summed E-state index contributed by atoms with van der Waals surface area (Å²) < 4.78 is 5.05. The first-order chi connectivity index (χ1) is 11.7. The van der Waals surface area contributed by atoms with E-state index < -0.39 is 0 Å². The number of amides is 2. The predicted molar refractivity (Wildman–Crippen MR) is 97.8 cm³/mol. The third-order valence-corrected chi connectivity index (χ3v) is 4.05. The number of halogens is 1. The molecule has 1 aromatic carbocycles. The Morgan fingerprint density at radius 3 is 2.60 bits per heavy atom. The number of furan rings is 1. The summed E-state index contributed by atoms with van der Waals surface area (Å²) in [5.74, 6) is 0.0284. The molecule has 0 spiro atoms. The Morgan fingerprint density at radius 1 is 1.16 bits per heavy atom. The van der Waals surface area contributed by atoms with Gasteiger partial charge in [-0.25, -0.2) is 0 Å². The fourth-order valence-corrected chi connectivity index (χ4v) is 2.69. The average molecular weight is 364 g/mol. The lowest BCUT2D eigenvalue weighted by Crippen LogP contribution is -2.46. The van der Waals surface area contributed by atoms with E-state index in [2.05, 4.69) is 16.0 Å². The number of nitrogens with one attached hydrogen (secondary N) is 3. The molecule has 1 aliphatic rings. The molecule has 2 aromatic rings. The van der Waals surface area contributed by atoms with Crippen molar-refractivity contribution in [3.8, 4) is 0 Å². The summed E-state index contributed by atoms with van der Waals surface area (Å²) in [7, 11) is 0. The van der Waals surface area contributed by atoms with E-state index in [1.165, 1.54) is 6.26 Å². The van der Waals surface area contributed by atoms with Crippen molar-refractivity contribution in [3.63, 3.8) is 0 Å². The van der Waals surface area contributed by atoms with Crippen molar-refractivity contribution < 1.29 is 14.0 Å². The Labute approximate surface area is 152 Å². The molecule has 2 amide bonds. The van der Waals surface area contributed by atoms with Crippen LogP contribution in [0, 0.1) is 0 Å². The number of carbonyl (C=O) groups excluding carboxylic acids is 2.